The van der Waals surface area contributed by atoms with Crippen LogP contribution < -0.4 is 0 Å². The fourth-order valence-electron chi connectivity index (χ4n) is 9.47. The topological polar surface area (TPSA) is 17.1 Å². The maximum absolute atomic E-state index is 11.9. The first-order chi connectivity index (χ1) is 13.8. The van der Waals surface area contributed by atoms with Crippen molar-refractivity contribution in [2.24, 2.45) is 44.8 Å². The summed E-state index contributed by atoms with van der Waals surface area (Å²) in [5.41, 5.74) is 5.47. The van der Waals surface area contributed by atoms with Gasteiger partial charge in [-0.25, -0.2) is 0 Å². The molecule has 0 aromatic carbocycles. The molecule has 0 amide bonds. The highest BCUT2D eigenvalue weighted by Crippen LogP contribution is 2.73. The summed E-state index contributed by atoms with van der Waals surface area (Å²) in [5.74, 6) is 2.02. The average Bonchev–Trinajstić information content (AvgIpc) is 2.64. The van der Waals surface area contributed by atoms with Crippen LogP contribution in [-0.2, 0) is 4.79 Å². The smallest absolute Gasteiger partial charge is 0.120 e. The third-order valence-electron chi connectivity index (χ3n) is 11.6. The van der Waals surface area contributed by atoms with E-state index in [1.807, 2.05) is 11.1 Å². The molecule has 0 radical (unpaired) electrons. The monoisotopic (exact) mass is 412 g/mol. The zero-order valence-corrected chi connectivity index (χ0v) is 21.3. The Morgan fingerprint density at radius 2 is 1.57 bits per heavy atom. The van der Waals surface area contributed by atoms with Crippen molar-refractivity contribution in [2.75, 3.05) is 0 Å². The molecule has 0 N–H and O–H groups in total. The van der Waals surface area contributed by atoms with E-state index in [1.165, 1.54) is 64.1 Å². The molecule has 170 valence electrons. The van der Waals surface area contributed by atoms with Crippen molar-refractivity contribution in [1.82, 2.24) is 0 Å². The molecule has 0 aromatic heterocycles. The Balaban J connectivity index is 1.82. The second kappa shape index (κ2) is 6.95. The molecule has 4 rings (SSSR count). The van der Waals surface area contributed by atoms with Crippen LogP contribution in [-0.4, -0.2) is 6.29 Å². The van der Waals surface area contributed by atoms with E-state index in [1.54, 1.807) is 0 Å². The van der Waals surface area contributed by atoms with Crippen LogP contribution in [0.3, 0.4) is 0 Å². The van der Waals surface area contributed by atoms with Gasteiger partial charge in [0.05, 0.1) is 0 Å². The molecular weight excluding hydrogens is 364 g/mol. The summed E-state index contributed by atoms with van der Waals surface area (Å²) in [5, 5.41) is 0. The Morgan fingerprint density at radius 1 is 0.900 bits per heavy atom. The fraction of sp³-hybridized carbons (Fsp3) is 0.897. The number of allylic oxidation sites excluding steroid dienone is 2. The molecule has 0 aromatic rings. The van der Waals surface area contributed by atoms with Crippen molar-refractivity contribution in [3.05, 3.63) is 11.1 Å². The van der Waals surface area contributed by atoms with Crippen LogP contribution in [0.5, 0.6) is 0 Å². The first kappa shape index (κ1) is 22.6. The number of carbonyl (C=O) groups excluding carboxylic acids is 1. The number of hydrogen-bond acceptors (Lipinski definition) is 1. The molecule has 0 heterocycles. The molecular formula is C29H48O. The van der Waals surface area contributed by atoms with Crippen molar-refractivity contribution in [1.29, 1.82) is 0 Å². The molecule has 4 aliphatic carbocycles. The zero-order valence-electron chi connectivity index (χ0n) is 21.3. The number of hydrogen-bond donors (Lipinski definition) is 0. The molecule has 30 heavy (non-hydrogen) atoms. The lowest BCUT2D eigenvalue weighted by Gasteiger charge is -2.68. The molecule has 3 saturated carbocycles. The summed E-state index contributed by atoms with van der Waals surface area (Å²) < 4.78 is 0. The normalized spacial score (nSPS) is 48.0. The highest BCUT2D eigenvalue weighted by atomic mass is 16.1. The second-order valence-corrected chi connectivity index (χ2v) is 14.0. The van der Waals surface area contributed by atoms with Gasteiger partial charge in [0, 0.05) is 6.42 Å². The van der Waals surface area contributed by atoms with Crippen LogP contribution in [0.1, 0.15) is 120 Å². The number of aldehydes is 1. The van der Waals surface area contributed by atoms with Gasteiger partial charge in [-0.2, -0.15) is 0 Å². The van der Waals surface area contributed by atoms with Gasteiger partial charge in [-0.15, -0.1) is 0 Å². The number of rotatable bonds is 3. The molecule has 1 nitrogen and oxygen atoms in total. The lowest BCUT2D eigenvalue weighted by molar-refractivity contribution is -0.154. The SMILES string of the molecule is CC(C)C1CCC2(C)C(CCC3=C4CC(C)(C)CCC4(C)CCC32C)C1(C)CC=O. The van der Waals surface area contributed by atoms with Crippen LogP contribution in [0.2, 0.25) is 0 Å². The fourth-order valence-corrected chi connectivity index (χ4v) is 9.47. The van der Waals surface area contributed by atoms with Gasteiger partial charge in [-0.3, -0.25) is 0 Å². The van der Waals surface area contributed by atoms with Crippen LogP contribution in [0.15, 0.2) is 11.1 Å². The number of carbonyl (C=O) groups is 1. The minimum atomic E-state index is 0.161. The summed E-state index contributed by atoms with van der Waals surface area (Å²) in [6.07, 6.45) is 14.1. The first-order valence-corrected chi connectivity index (χ1v) is 13.0. The van der Waals surface area contributed by atoms with E-state index >= 15 is 0 Å². The molecule has 0 aliphatic heterocycles. The molecule has 6 atom stereocenters. The highest BCUT2D eigenvalue weighted by molar-refractivity contribution is 5.51. The third kappa shape index (κ3) is 2.96. The van der Waals surface area contributed by atoms with Gasteiger partial charge in [0.15, 0.2) is 0 Å². The maximum Gasteiger partial charge on any atom is 0.120 e. The van der Waals surface area contributed by atoms with Crippen molar-refractivity contribution < 1.29 is 4.79 Å². The molecule has 6 unspecified atom stereocenters. The maximum atomic E-state index is 11.9. The van der Waals surface area contributed by atoms with E-state index in [0.29, 0.717) is 39.4 Å². The third-order valence-corrected chi connectivity index (χ3v) is 11.6. The van der Waals surface area contributed by atoms with Crippen molar-refractivity contribution in [2.45, 2.75) is 120 Å². The van der Waals surface area contributed by atoms with Gasteiger partial charge in [-0.1, -0.05) is 66.5 Å². The Bertz CT molecular complexity index is 743. The summed E-state index contributed by atoms with van der Waals surface area (Å²) in [6.45, 7) is 20.2. The van der Waals surface area contributed by atoms with Crippen molar-refractivity contribution >= 4 is 6.29 Å². The molecule has 3 fully saturated rings. The highest BCUT2D eigenvalue weighted by Gasteiger charge is 2.64. The van der Waals surface area contributed by atoms with Crippen LogP contribution in [0.4, 0.5) is 0 Å². The average molecular weight is 413 g/mol. The summed E-state index contributed by atoms with van der Waals surface area (Å²) in [7, 11) is 0. The van der Waals surface area contributed by atoms with Crippen LogP contribution in [0, 0.1) is 44.8 Å². The van der Waals surface area contributed by atoms with Gasteiger partial charge in [0.2, 0.25) is 0 Å². The summed E-state index contributed by atoms with van der Waals surface area (Å²) >= 11 is 0. The van der Waals surface area contributed by atoms with E-state index in [2.05, 4.69) is 55.4 Å². The van der Waals surface area contributed by atoms with E-state index in [9.17, 15) is 4.79 Å². The minimum absolute atomic E-state index is 0.161. The Hall–Kier alpha value is -0.590. The van der Waals surface area contributed by atoms with E-state index < -0.39 is 0 Å². The van der Waals surface area contributed by atoms with E-state index in [-0.39, 0.29) is 5.41 Å². The number of fused-ring (bicyclic) bond motifs is 4. The Kier molecular flexibility index (Phi) is 5.24. The van der Waals surface area contributed by atoms with Crippen LogP contribution in [0.25, 0.3) is 0 Å². The predicted octanol–water partition coefficient (Wildman–Crippen LogP) is 8.38. The lowest BCUT2D eigenvalue weighted by atomic mass is 9.36. The second-order valence-electron chi connectivity index (χ2n) is 14.0. The van der Waals surface area contributed by atoms with Gasteiger partial charge in [0.1, 0.15) is 6.29 Å². The van der Waals surface area contributed by atoms with Crippen LogP contribution >= 0.6 is 0 Å². The first-order valence-electron chi connectivity index (χ1n) is 13.0. The van der Waals surface area contributed by atoms with E-state index in [0.717, 1.165) is 6.42 Å². The Morgan fingerprint density at radius 3 is 2.20 bits per heavy atom. The Labute approximate surface area is 186 Å². The predicted molar refractivity (Wildman–Crippen MR) is 127 cm³/mol. The van der Waals surface area contributed by atoms with Gasteiger partial charge < -0.3 is 4.79 Å². The summed E-state index contributed by atoms with van der Waals surface area (Å²) in [4.78, 5) is 11.9. The summed E-state index contributed by atoms with van der Waals surface area (Å²) in [6, 6.07) is 0. The van der Waals surface area contributed by atoms with E-state index in [4.69, 9.17) is 0 Å². The van der Waals surface area contributed by atoms with Gasteiger partial charge in [-0.05, 0) is 103 Å². The zero-order chi connectivity index (χ0) is 22.2. The molecule has 0 bridgehead atoms. The van der Waals surface area contributed by atoms with Gasteiger partial charge in [0.25, 0.3) is 0 Å². The standard InChI is InChI=1S/C29H48O/c1-20(2)21-11-12-29(8)24(27(21,6)17-18-30)10-9-22-23-19-25(3,4)13-14-26(23,5)15-16-28(22,29)7/h18,20-21,24H,9-17,19H2,1-8H3. The molecule has 0 saturated heterocycles. The molecule has 4 aliphatic rings. The van der Waals surface area contributed by atoms with Crippen molar-refractivity contribution in [3.63, 3.8) is 0 Å². The molecule has 1 heteroatoms. The largest absolute Gasteiger partial charge is 0.303 e. The molecule has 0 spiro atoms. The van der Waals surface area contributed by atoms with Gasteiger partial charge >= 0.3 is 0 Å². The lowest BCUT2D eigenvalue weighted by Crippen LogP contribution is -2.60. The van der Waals surface area contributed by atoms with Crippen molar-refractivity contribution in [3.8, 4) is 0 Å². The minimum Gasteiger partial charge on any atom is -0.303 e. The quantitative estimate of drug-likeness (QED) is 0.336.